The Morgan fingerprint density at radius 1 is 1.47 bits per heavy atom. The van der Waals surface area contributed by atoms with Crippen LogP contribution in [0, 0.1) is 5.92 Å². The molecule has 0 unspecified atom stereocenters. The van der Waals surface area contributed by atoms with Crippen molar-refractivity contribution in [3.63, 3.8) is 0 Å². The summed E-state index contributed by atoms with van der Waals surface area (Å²) in [6, 6.07) is 1.67. The van der Waals surface area contributed by atoms with Gasteiger partial charge in [-0.05, 0) is 25.0 Å². The Bertz CT molecular complexity index is 370. The van der Waals surface area contributed by atoms with Crippen LogP contribution < -0.4 is 10.5 Å². The highest BCUT2D eigenvalue weighted by Gasteiger charge is 2.15. The number of aromatic nitrogens is 2. The van der Waals surface area contributed by atoms with Gasteiger partial charge in [0.05, 0.1) is 6.61 Å². The van der Waals surface area contributed by atoms with E-state index in [9.17, 15) is 0 Å². The van der Waals surface area contributed by atoms with Crippen LogP contribution in [0.2, 0.25) is 0 Å². The maximum Gasteiger partial charge on any atom is 0.219 e. The van der Waals surface area contributed by atoms with Crippen LogP contribution in [-0.4, -0.2) is 36.0 Å². The molecule has 0 aliphatic carbocycles. The normalized spacial score (nSPS) is 17.0. The number of nitrogens with two attached hydrogens (primary N) is 1. The molecule has 2 N–H and O–H groups in total. The number of nitrogens with zero attached hydrogens (tertiary/aromatic N) is 2. The number of rotatable bonds is 4. The third kappa shape index (κ3) is 3.74. The van der Waals surface area contributed by atoms with Crippen LogP contribution >= 0.6 is 11.8 Å². The van der Waals surface area contributed by atoms with Gasteiger partial charge in [-0.15, -0.1) is 0 Å². The Balaban J connectivity index is 1.91. The predicted octanol–water partition coefficient (Wildman–Crippen LogP) is 1.59. The minimum atomic E-state index is 0.450. The summed E-state index contributed by atoms with van der Waals surface area (Å²) in [5.41, 5.74) is 5.68. The van der Waals surface area contributed by atoms with Crippen molar-refractivity contribution >= 4 is 17.6 Å². The minimum Gasteiger partial charge on any atom is -0.477 e. The second kappa shape index (κ2) is 6.07. The highest BCUT2D eigenvalue weighted by Crippen LogP contribution is 2.20. The third-order valence-corrected chi connectivity index (χ3v) is 3.24. The van der Waals surface area contributed by atoms with E-state index in [-0.39, 0.29) is 0 Å². The molecule has 0 saturated carbocycles. The zero-order chi connectivity index (χ0) is 12.1. The van der Waals surface area contributed by atoms with Crippen LogP contribution in [0.4, 0.5) is 5.82 Å². The van der Waals surface area contributed by atoms with Crippen molar-refractivity contribution in [1.29, 1.82) is 0 Å². The molecule has 0 aromatic carbocycles. The van der Waals surface area contributed by atoms with Crippen LogP contribution in [-0.2, 0) is 4.74 Å². The highest BCUT2D eigenvalue weighted by atomic mass is 32.2. The van der Waals surface area contributed by atoms with E-state index in [1.807, 2.05) is 6.26 Å². The van der Waals surface area contributed by atoms with Gasteiger partial charge in [-0.2, -0.15) is 4.98 Å². The lowest BCUT2D eigenvalue weighted by Crippen LogP contribution is -2.21. The summed E-state index contributed by atoms with van der Waals surface area (Å²) in [5.74, 6) is 1.57. The first kappa shape index (κ1) is 12.4. The quantitative estimate of drug-likeness (QED) is 0.650. The molecule has 1 aliphatic rings. The van der Waals surface area contributed by atoms with E-state index in [4.69, 9.17) is 15.2 Å². The largest absolute Gasteiger partial charge is 0.477 e. The minimum absolute atomic E-state index is 0.450. The maximum absolute atomic E-state index is 5.68. The molecule has 2 rings (SSSR count). The Labute approximate surface area is 105 Å². The summed E-state index contributed by atoms with van der Waals surface area (Å²) in [6.45, 7) is 2.33. The van der Waals surface area contributed by atoms with Gasteiger partial charge in [0.2, 0.25) is 5.88 Å². The van der Waals surface area contributed by atoms with E-state index in [1.54, 1.807) is 6.07 Å². The molecule has 1 fully saturated rings. The molecule has 5 nitrogen and oxygen atoms in total. The van der Waals surface area contributed by atoms with Crippen molar-refractivity contribution in [2.24, 2.45) is 5.92 Å². The van der Waals surface area contributed by atoms with Crippen molar-refractivity contribution < 1.29 is 9.47 Å². The number of anilines is 1. The fourth-order valence-corrected chi connectivity index (χ4v) is 2.08. The second-order valence-electron chi connectivity index (χ2n) is 3.98. The molecule has 6 heteroatoms. The van der Waals surface area contributed by atoms with Gasteiger partial charge in [-0.25, -0.2) is 4.98 Å². The molecular weight excluding hydrogens is 238 g/mol. The van der Waals surface area contributed by atoms with E-state index in [0.717, 1.165) is 26.1 Å². The zero-order valence-corrected chi connectivity index (χ0v) is 10.7. The van der Waals surface area contributed by atoms with E-state index >= 15 is 0 Å². The third-order valence-electron chi connectivity index (χ3n) is 2.69. The predicted molar refractivity (Wildman–Crippen MR) is 67.3 cm³/mol. The first-order chi connectivity index (χ1) is 8.28. The number of hydrogen-bond donors (Lipinski definition) is 1. The Morgan fingerprint density at radius 3 is 2.94 bits per heavy atom. The second-order valence-corrected chi connectivity index (χ2v) is 4.76. The van der Waals surface area contributed by atoms with Crippen molar-refractivity contribution in [2.75, 3.05) is 31.8 Å². The molecule has 1 aromatic rings. The van der Waals surface area contributed by atoms with E-state index in [0.29, 0.717) is 29.4 Å². The van der Waals surface area contributed by atoms with Crippen LogP contribution in [0.5, 0.6) is 5.88 Å². The monoisotopic (exact) mass is 255 g/mol. The van der Waals surface area contributed by atoms with Crippen molar-refractivity contribution in [1.82, 2.24) is 9.97 Å². The number of ether oxygens (including phenoxy) is 2. The number of hydrogen-bond acceptors (Lipinski definition) is 6. The van der Waals surface area contributed by atoms with E-state index in [1.165, 1.54) is 11.8 Å². The van der Waals surface area contributed by atoms with Gasteiger partial charge in [0, 0.05) is 19.3 Å². The van der Waals surface area contributed by atoms with Gasteiger partial charge in [0.1, 0.15) is 5.82 Å². The lowest BCUT2D eigenvalue weighted by Gasteiger charge is -2.21. The summed E-state index contributed by atoms with van der Waals surface area (Å²) in [6.07, 6.45) is 4.02. The van der Waals surface area contributed by atoms with E-state index in [2.05, 4.69) is 9.97 Å². The average Bonchev–Trinajstić information content (AvgIpc) is 2.37. The molecule has 1 aromatic heterocycles. The summed E-state index contributed by atoms with van der Waals surface area (Å²) in [7, 11) is 0. The van der Waals surface area contributed by atoms with Gasteiger partial charge in [0.25, 0.3) is 0 Å². The Morgan fingerprint density at radius 2 is 2.24 bits per heavy atom. The van der Waals surface area contributed by atoms with Crippen molar-refractivity contribution in [3.8, 4) is 5.88 Å². The summed E-state index contributed by atoms with van der Waals surface area (Å²) in [5, 5.41) is 0.645. The number of thioether (sulfide) groups is 1. The molecule has 0 radical (unpaired) electrons. The maximum atomic E-state index is 5.68. The molecular formula is C11H17N3O2S. The lowest BCUT2D eigenvalue weighted by atomic mass is 10.0. The molecule has 1 saturated heterocycles. The van der Waals surface area contributed by atoms with Gasteiger partial charge >= 0.3 is 0 Å². The van der Waals surface area contributed by atoms with Crippen molar-refractivity contribution in [3.05, 3.63) is 6.07 Å². The Kier molecular flexibility index (Phi) is 4.44. The van der Waals surface area contributed by atoms with Crippen LogP contribution in [0.1, 0.15) is 12.8 Å². The van der Waals surface area contributed by atoms with Crippen molar-refractivity contribution in [2.45, 2.75) is 18.0 Å². The molecule has 94 valence electrons. The molecule has 2 heterocycles. The highest BCUT2D eigenvalue weighted by molar-refractivity contribution is 7.98. The molecule has 0 bridgehead atoms. The SMILES string of the molecule is CSc1nc(N)cc(OCC2CCOCC2)n1. The van der Waals surface area contributed by atoms with Gasteiger partial charge < -0.3 is 15.2 Å². The smallest absolute Gasteiger partial charge is 0.219 e. The number of nitrogen functional groups attached to an aromatic ring is 1. The van der Waals surface area contributed by atoms with Gasteiger partial charge in [-0.1, -0.05) is 11.8 Å². The Hall–Kier alpha value is -1.01. The van der Waals surface area contributed by atoms with Gasteiger partial charge in [0.15, 0.2) is 5.16 Å². The van der Waals surface area contributed by atoms with E-state index < -0.39 is 0 Å². The molecule has 17 heavy (non-hydrogen) atoms. The molecule has 0 amide bonds. The first-order valence-corrected chi connectivity index (χ1v) is 6.89. The summed E-state index contributed by atoms with van der Waals surface area (Å²) >= 11 is 1.46. The molecule has 0 spiro atoms. The fraction of sp³-hybridized carbons (Fsp3) is 0.636. The molecule has 1 aliphatic heterocycles. The summed E-state index contributed by atoms with van der Waals surface area (Å²) in [4.78, 5) is 8.33. The zero-order valence-electron chi connectivity index (χ0n) is 9.89. The summed E-state index contributed by atoms with van der Waals surface area (Å²) < 4.78 is 11.0. The van der Waals surface area contributed by atoms with Crippen LogP contribution in [0.3, 0.4) is 0 Å². The first-order valence-electron chi connectivity index (χ1n) is 5.67. The fourth-order valence-electron chi connectivity index (χ4n) is 1.70. The average molecular weight is 255 g/mol. The standard InChI is InChI=1S/C11H17N3O2S/c1-17-11-13-9(12)6-10(14-11)16-7-8-2-4-15-5-3-8/h6,8H,2-5,7H2,1H3,(H2,12,13,14). The topological polar surface area (TPSA) is 70.3 Å². The van der Waals surface area contributed by atoms with Crippen LogP contribution in [0.25, 0.3) is 0 Å². The van der Waals surface area contributed by atoms with Gasteiger partial charge in [-0.3, -0.25) is 0 Å². The lowest BCUT2D eigenvalue weighted by molar-refractivity contribution is 0.0489. The molecule has 0 atom stereocenters. The van der Waals surface area contributed by atoms with Crippen LogP contribution in [0.15, 0.2) is 11.2 Å².